The van der Waals surface area contributed by atoms with Gasteiger partial charge in [0.15, 0.2) is 0 Å². The first kappa shape index (κ1) is 14.8. The fourth-order valence-corrected chi connectivity index (χ4v) is 1.94. The molecule has 0 aliphatic heterocycles. The molecule has 0 radical (unpaired) electrons. The summed E-state index contributed by atoms with van der Waals surface area (Å²) < 4.78 is 6.83. The molecule has 0 saturated heterocycles. The van der Waals surface area contributed by atoms with Crippen molar-refractivity contribution >= 4 is 12.1 Å². The number of amides is 1. The highest BCUT2D eigenvalue weighted by molar-refractivity contribution is 5.95. The van der Waals surface area contributed by atoms with Gasteiger partial charge in [0.05, 0.1) is 19.0 Å². The average Bonchev–Trinajstić information content (AvgIpc) is 2.73. The number of aromatic nitrogens is 2. The average molecular weight is 286 g/mol. The Morgan fingerprint density at radius 3 is 2.52 bits per heavy atom. The lowest BCUT2D eigenvalue weighted by Gasteiger charge is -2.02. The van der Waals surface area contributed by atoms with Crippen LogP contribution in [0.2, 0.25) is 0 Å². The number of benzene rings is 1. The zero-order valence-electron chi connectivity index (χ0n) is 12.5. The van der Waals surface area contributed by atoms with Gasteiger partial charge in [0, 0.05) is 23.9 Å². The third-order valence-electron chi connectivity index (χ3n) is 3.28. The molecule has 110 valence electrons. The number of hydrogen-bond donors (Lipinski definition) is 1. The zero-order chi connectivity index (χ0) is 15.4. The largest absolute Gasteiger partial charge is 0.497 e. The first-order chi connectivity index (χ1) is 10.0. The highest BCUT2D eigenvalue weighted by Crippen LogP contribution is 2.11. The summed E-state index contributed by atoms with van der Waals surface area (Å²) in [6.45, 7) is 3.85. The molecule has 0 bridgehead atoms. The number of carbonyl (C=O) groups is 1. The summed E-state index contributed by atoms with van der Waals surface area (Å²) in [5, 5.41) is 8.27. The van der Waals surface area contributed by atoms with E-state index in [0.717, 1.165) is 17.0 Å². The summed E-state index contributed by atoms with van der Waals surface area (Å²) in [6, 6.07) is 6.83. The summed E-state index contributed by atoms with van der Waals surface area (Å²) >= 11 is 0. The second-order valence-electron chi connectivity index (χ2n) is 4.64. The van der Waals surface area contributed by atoms with Crippen LogP contribution in [0.15, 0.2) is 29.4 Å². The molecule has 0 unspecified atom stereocenters. The molecular formula is C15H18N4O2. The molecule has 1 aromatic carbocycles. The normalized spacial score (nSPS) is 10.9. The minimum absolute atomic E-state index is 0.270. The van der Waals surface area contributed by atoms with E-state index in [2.05, 4.69) is 15.6 Å². The van der Waals surface area contributed by atoms with E-state index in [1.54, 1.807) is 42.3 Å². The van der Waals surface area contributed by atoms with Gasteiger partial charge in [0.25, 0.3) is 5.91 Å². The van der Waals surface area contributed by atoms with Crippen molar-refractivity contribution in [2.75, 3.05) is 7.11 Å². The van der Waals surface area contributed by atoms with Gasteiger partial charge < -0.3 is 4.74 Å². The van der Waals surface area contributed by atoms with E-state index in [4.69, 9.17) is 4.74 Å². The molecule has 21 heavy (non-hydrogen) atoms. The molecule has 0 fully saturated rings. The lowest BCUT2D eigenvalue weighted by atomic mass is 10.2. The molecule has 2 aromatic rings. The van der Waals surface area contributed by atoms with Gasteiger partial charge in [0.2, 0.25) is 0 Å². The van der Waals surface area contributed by atoms with Crippen molar-refractivity contribution in [3.8, 4) is 5.75 Å². The van der Waals surface area contributed by atoms with Gasteiger partial charge in [-0.25, -0.2) is 5.43 Å². The van der Waals surface area contributed by atoms with Crippen LogP contribution in [0, 0.1) is 13.8 Å². The number of methoxy groups -OCH3 is 1. The van der Waals surface area contributed by atoms with E-state index in [-0.39, 0.29) is 5.91 Å². The van der Waals surface area contributed by atoms with Crippen molar-refractivity contribution in [3.05, 3.63) is 46.8 Å². The highest BCUT2D eigenvalue weighted by atomic mass is 16.5. The Kier molecular flexibility index (Phi) is 4.37. The maximum atomic E-state index is 11.9. The molecule has 0 aliphatic carbocycles. The minimum Gasteiger partial charge on any atom is -0.497 e. The van der Waals surface area contributed by atoms with Crippen LogP contribution in [0.5, 0.6) is 5.75 Å². The molecule has 0 atom stereocenters. The van der Waals surface area contributed by atoms with Gasteiger partial charge in [-0.3, -0.25) is 9.48 Å². The van der Waals surface area contributed by atoms with Crippen molar-refractivity contribution < 1.29 is 9.53 Å². The number of ether oxygens (including phenoxy) is 1. The Morgan fingerprint density at radius 1 is 1.33 bits per heavy atom. The maximum Gasteiger partial charge on any atom is 0.271 e. The number of hydrogen-bond acceptors (Lipinski definition) is 4. The fourth-order valence-electron chi connectivity index (χ4n) is 1.94. The summed E-state index contributed by atoms with van der Waals surface area (Å²) in [4.78, 5) is 11.9. The van der Waals surface area contributed by atoms with Crippen LogP contribution in [-0.2, 0) is 7.05 Å². The molecule has 0 spiro atoms. The summed E-state index contributed by atoms with van der Waals surface area (Å²) in [5.41, 5.74) is 5.80. The van der Waals surface area contributed by atoms with Gasteiger partial charge >= 0.3 is 0 Å². The summed E-state index contributed by atoms with van der Waals surface area (Å²) in [6.07, 6.45) is 1.61. The number of rotatable bonds is 4. The smallest absolute Gasteiger partial charge is 0.271 e. The van der Waals surface area contributed by atoms with E-state index >= 15 is 0 Å². The Bertz CT molecular complexity index is 672. The van der Waals surface area contributed by atoms with E-state index in [1.165, 1.54) is 0 Å². The second kappa shape index (κ2) is 6.21. The molecule has 1 aromatic heterocycles. The first-order valence-electron chi connectivity index (χ1n) is 6.50. The van der Waals surface area contributed by atoms with Crippen molar-refractivity contribution in [2.45, 2.75) is 13.8 Å². The fraction of sp³-hybridized carbons (Fsp3) is 0.267. The third kappa shape index (κ3) is 3.28. The molecule has 6 heteroatoms. The number of aryl methyl sites for hydroxylation is 2. The van der Waals surface area contributed by atoms with Crippen LogP contribution in [0.1, 0.15) is 27.3 Å². The molecule has 0 saturated carbocycles. The molecule has 0 aliphatic rings. The molecular weight excluding hydrogens is 268 g/mol. The Balaban J connectivity index is 2.04. The van der Waals surface area contributed by atoms with Crippen LogP contribution in [0.25, 0.3) is 0 Å². The van der Waals surface area contributed by atoms with E-state index in [9.17, 15) is 4.79 Å². The lowest BCUT2D eigenvalue weighted by molar-refractivity contribution is 0.0955. The molecule has 6 nitrogen and oxygen atoms in total. The Hall–Kier alpha value is -2.63. The number of nitrogens with one attached hydrogen (secondary N) is 1. The summed E-state index contributed by atoms with van der Waals surface area (Å²) in [7, 11) is 3.45. The minimum atomic E-state index is -0.270. The Labute approximate surface area is 123 Å². The number of carbonyl (C=O) groups excluding carboxylic acids is 1. The van der Waals surface area contributed by atoms with Crippen LogP contribution < -0.4 is 10.2 Å². The van der Waals surface area contributed by atoms with E-state index in [1.807, 2.05) is 20.9 Å². The molecule has 1 N–H and O–H groups in total. The first-order valence-corrected chi connectivity index (χ1v) is 6.50. The second-order valence-corrected chi connectivity index (χ2v) is 4.64. The van der Waals surface area contributed by atoms with E-state index in [0.29, 0.717) is 11.3 Å². The Morgan fingerprint density at radius 2 is 2.00 bits per heavy atom. The van der Waals surface area contributed by atoms with Crippen molar-refractivity contribution in [2.24, 2.45) is 12.1 Å². The van der Waals surface area contributed by atoms with Crippen LogP contribution in [0.4, 0.5) is 0 Å². The lowest BCUT2D eigenvalue weighted by Crippen LogP contribution is -2.17. The maximum absolute atomic E-state index is 11.9. The topological polar surface area (TPSA) is 68.5 Å². The predicted molar refractivity (Wildman–Crippen MR) is 80.7 cm³/mol. The SMILES string of the molecule is COc1ccc(C(=O)N/N=C\c2c(C)nn(C)c2C)cc1. The number of hydrazone groups is 1. The standard InChI is InChI=1S/C15H18N4O2/c1-10-14(11(2)19(3)18-10)9-16-17-15(20)12-5-7-13(21-4)8-6-12/h5-9H,1-4H3,(H,17,20)/b16-9-. The van der Waals surface area contributed by atoms with Crippen LogP contribution in [-0.4, -0.2) is 29.0 Å². The van der Waals surface area contributed by atoms with Crippen molar-refractivity contribution in [1.82, 2.24) is 15.2 Å². The van der Waals surface area contributed by atoms with Crippen LogP contribution in [0.3, 0.4) is 0 Å². The van der Waals surface area contributed by atoms with Gasteiger partial charge in [0.1, 0.15) is 5.75 Å². The zero-order valence-corrected chi connectivity index (χ0v) is 12.5. The van der Waals surface area contributed by atoms with Gasteiger partial charge in [-0.05, 0) is 38.1 Å². The van der Waals surface area contributed by atoms with Gasteiger partial charge in [-0.1, -0.05) is 0 Å². The summed E-state index contributed by atoms with van der Waals surface area (Å²) in [5.74, 6) is 0.435. The van der Waals surface area contributed by atoms with Crippen molar-refractivity contribution in [1.29, 1.82) is 0 Å². The number of nitrogens with zero attached hydrogens (tertiary/aromatic N) is 3. The van der Waals surface area contributed by atoms with Gasteiger partial charge in [-0.2, -0.15) is 10.2 Å². The molecule has 2 rings (SSSR count). The quantitative estimate of drug-likeness (QED) is 0.688. The predicted octanol–water partition coefficient (Wildman–Crippen LogP) is 1.81. The molecule has 1 heterocycles. The van der Waals surface area contributed by atoms with Gasteiger partial charge in [-0.15, -0.1) is 0 Å². The van der Waals surface area contributed by atoms with E-state index < -0.39 is 0 Å². The van der Waals surface area contributed by atoms with Crippen molar-refractivity contribution in [3.63, 3.8) is 0 Å². The molecule has 1 amide bonds. The monoisotopic (exact) mass is 286 g/mol. The third-order valence-corrected chi connectivity index (χ3v) is 3.28. The highest BCUT2D eigenvalue weighted by Gasteiger charge is 2.07. The van der Waals surface area contributed by atoms with Crippen LogP contribution >= 0.6 is 0 Å².